The van der Waals surface area contributed by atoms with Crippen molar-refractivity contribution in [2.75, 3.05) is 18.5 Å². The van der Waals surface area contributed by atoms with Gasteiger partial charge in [0, 0.05) is 12.1 Å². The number of para-hydroxylation sites is 1. The van der Waals surface area contributed by atoms with E-state index in [0.29, 0.717) is 24.7 Å². The topological polar surface area (TPSA) is 56.8 Å². The molecule has 0 aromatic heterocycles. The van der Waals surface area contributed by atoms with E-state index in [4.69, 9.17) is 21.1 Å². The van der Waals surface area contributed by atoms with Crippen LogP contribution in [0.1, 0.15) is 10.4 Å². The third-order valence-electron chi connectivity index (χ3n) is 3.23. The van der Waals surface area contributed by atoms with Gasteiger partial charge in [-0.15, -0.1) is 0 Å². The zero-order valence-corrected chi connectivity index (χ0v) is 13.0. The van der Waals surface area contributed by atoms with Crippen LogP contribution >= 0.6 is 11.6 Å². The van der Waals surface area contributed by atoms with E-state index in [0.717, 1.165) is 0 Å². The summed E-state index contributed by atoms with van der Waals surface area (Å²) in [5.74, 6) is 0.0623. The number of ether oxygens (including phenoxy) is 3. The number of benzene rings is 2. The van der Waals surface area contributed by atoms with Gasteiger partial charge in [-0.25, -0.2) is 0 Å². The maximum Gasteiger partial charge on any atom is 0.387 e. The van der Waals surface area contributed by atoms with E-state index in [2.05, 4.69) is 10.1 Å². The molecule has 0 bridgehead atoms. The largest absolute Gasteiger partial charge is 0.486 e. The Bertz CT molecular complexity index is 770. The van der Waals surface area contributed by atoms with Crippen LogP contribution in [-0.4, -0.2) is 25.7 Å². The highest BCUT2D eigenvalue weighted by atomic mass is 35.5. The minimum atomic E-state index is -3.03. The summed E-state index contributed by atoms with van der Waals surface area (Å²) in [5, 5.41) is 2.79. The quantitative estimate of drug-likeness (QED) is 0.901. The number of anilines is 1. The first-order chi connectivity index (χ1) is 11.5. The van der Waals surface area contributed by atoms with Gasteiger partial charge < -0.3 is 19.5 Å². The standard InChI is InChI=1S/C16H12ClF2NO4/c17-10-7-13-14(23-6-5-22-13)8-11(10)20-15(21)9-3-1-2-4-12(9)24-16(18)19/h1-4,7-8,16H,5-6H2,(H,20,21). The first kappa shape index (κ1) is 16.3. The fourth-order valence-corrected chi connectivity index (χ4v) is 2.40. The molecule has 2 aromatic carbocycles. The second-order valence-electron chi connectivity index (χ2n) is 4.80. The zero-order chi connectivity index (χ0) is 17.1. The number of amides is 1. The minimum Gasteiger partial charge on any atom is -0.486 e. The summed E-state index contributed by atoms with van der Waals surface area (Å²) in [6, 6.07) is 8.73. The molecule has 3 rings (SSSR count). The first-order valence-corrected chi connectivity index (χ1v) is 7.36. The molecule has 1 amide bonds. The Hall–Kier alpha value is -2.54. The number of hydrogen-bond donors (Lipinski definition) is 1. The van der Waals surface area contributed by atoms with E-state index < -0.39 is 12.5 Å². The van der Waals surface area contributed by atoms with Crippen LogP contribution in [0, 0.1) is 0 Å². The normalized spacial score (nSPS) is 12.8. The fourth-order valence-electron chi connectivity index (χ4n) is 2.20. The van der Waals surface area contributed by atoms with E-state index >= 15 is 0 Å². The number of halogens is 3. The van der Waals surface area contributed by atoms with Gasteiger partial charge in [-0.05, 0) is 12.1 Å². The number of carbonyl (C=O) groups excluding carboxylic acids is 1. The summed E-state index contributed by atoms with van der Waals surface area (Å²) < 4.78 is 40.0. The lowest BCUT2D eigenvalue weighted by Crippen LogP contribution is -2.17. The van der Waals surface area contributed by atoms with Crippen molar-refractivity contribution in [3.8, 4) is 17.2 Å². The zero-order valence-electron chi connectivity index (χ0n) is 12.2. The number of rotatable bonds is 4. The van der Waals surface area contributed by atoms with Gasteiger partial charge in [0.1, 0.15) is 19.0 Å². The molecule has 1 aliphatic rings. The smallest absolute Gasteiger partial charge is 0.387 e. The fraction of sp³-hybridized carbons (Fsp3) is 0.188. The second kappa shape index (κ2) is 6.92. The highest BCUT2D eigenvalue weighted by molar-refractivity contribution is 6.34. The van der Waals surface area contributed by atoms with Crippen LogP contribution in [0.4, 0.5) is 14.5 Å². The van der Waals surface area contributed by atoms with Gasteiger partial charge in [0.2, 0.25) is 0 Å². The monoisotopic (exact) mass is 355 g/mol. The molecule has 0 aliphatic carbocycles. The van der Waals surface area contributed by atoms with E-state index in [1.165, 1.54) is 30.3 Å². The van der Waals surface area contributed by atoms with Crippen molar-refractivity contribution in [2.24, 2.45) is 0 Å². The van der Waals surface area contributed by atoms with Gasteiger partial charge in [0.25, 0.3) is 5.91 Å². The molecule has 0 fully saturated rings. The predicted octanol–water partition coefficient (Wildman–Crippen LogP) is 3.96. The molecule has 1 aliphatic heterocycles. The van der Waals surface area contributed by atoms with Crippen molar-refractivity contribution in [1.82, 2.24) is 0 Å². The Morgan fingerprint density at radius 2 is 1.83 bits per heavy atom. The maximum atomic E-state index is 12.4. The Morgan fingerprint density at radius 3 is 2.54 bits per heavy atom. The molecule has 0 radical (unpaired) electrons. The molecule has 2 aromatic rings. The molecule has 5 nitrogen and oxygen atoms in total. The van der Waals surface area contributed by atoms with E-state index in [1.54, 1.807) is 6.07 Å². The number of hydrogen-bond acceptors (Lipinski definition) is 4. The van der Waals surface area contributed by atoms with Gasteiger partial charge in [0.15, 0.2) is 11.5 Å². The summed E-state index contributed by atoms with van der Waals surface area (Å²) in [6.45, 7) is -2.24. The van der Waals surface area contributed by atoms with Crippen LogP contribution in [0.2, 0.25) is 5.02 Å². The van der Waals surface area contributed by atoms with Crippen molar-refractivity contribution in [1.29, 1.82) is 0 Å². The summed E-state index contributed by atoms with van der Waals surface area (Å²) in [7, 11) is 0. The molecule has 0 saturated heterocycles. The molecule has 1 N–H and O–H groups in total. The Labute approximate surface area is 141 Å². The Morgan fingerprint density at radius 1 is 1.17 bits per heavy atom. The lowest BCUT2D eigenvalue weighted by Gasteiger charge is -2.20. The van der Waals surface area contributed by atoms with Crippen LogP contribution in [0.15, 0.2) is 36.4 Å². The van der Waals surface area contributed by atoms with Crippen molar-refractivity contribution >= 4 is 23.2 Å². The van der Waals surface area contributed by atoms with Crippen molar-refractivity contribution in [3.63, 3.8) is 0 Å². The van der Waals surface area contributed by atoms with Crippen LogP contribution < -0.4 is 19.5 Å². The van der Waals surface area contributed by atoms with Crippen LogP contribution in [0.25, 0.3) is 0 Å². The third-order valence-corrected chi connectivity index (χ3v) is 3.54. The summed E-state index contributed by atoms with van der Waals surface area (Å²) in [4.78, 5) is 12.4. The van der Waals surface area contributed by atoms with Gasteiger partial charge in [-0.1, -0.05) is 23.7 Å². The summed E-state index contributed by atoms with van der Waals surface area (Å²) in [5.41, 5.74) is 0.238. The van der Waals surface area contributed by atoms with Crippen molar-refractivity contribution < 1.29 is 27.8 Å². The van der Waals surface area contributed by atoms with E-state index in [9.17, 15) is 13.6 Å². The molecule has 24 heavy (non-hydrogen) atoms. The van der Waals surface area contributed by atoms with Crippen molar-refractivity contribution in [2.45, 2.75) is 6.61 Å². The Kier molecular flexibility index (Phi) is 4.71. The first-order valence-electron chi connectivity index (χ1n) is 6.99. The van der Waals surface area contributed by atoms with Gasteiger partial charge >= 0.3 is 6.61 Å². The lowest BCUT2D eigenvalue weighted by atomic mass is 10.1. The van der Waals surface area contributed by atoms with Gasteiger partial charge in [-0.3, -0.25) is 4.79 Å². The number of carbonyl (C=O) groups is 1. The molecular weight excluding hydrogens is 344 g/mol. The average molecular weight is 356 g/mol. The molecular formula is C16H12ClF2NO4. The van der Waals surface area contributed by atoms with Crippen LogP contribution in [0.5, 0.6) is 17.2 Å². The molecule has 0 spiro atoms. The number of alkyl halides is 2. The number of fused-ring (bicyclic) bond motifs is 1. The summed E-state index contributed by atoms with van der Waals surface area (Å²) in [6.07, 6.45) is 0. The van der Waals surface area contributed by atoms with Crippen molar-refractivity contribution in [3.05, 3.63) is 47.0 Å². The highest BCUT2D eigenvalue weighted by Gasteiger charge is 2.19. The second-order valence-corrected chi connectivity index (χ2v) is 5.21. The maximum absolute atomic E-state index is 12.4. The molecule has 1 heterocycles. The SMILES string of the molecule is O=C(Nc1cc2c(cc1Cl)OCCO2)c1ccccc1OC(F)F. The summed E-state index contributed by atoms with van der Waals surface area (Å²) >= 11 is 6.12. The predicted molar refractivity (Wildman–Crippen MR) is 83.5 cm³/mol. The molecule has 126 valence electrons. The minimum absolute atomic E-state index is 0.0382. The number of nitrogens with one attached hydrogen (secondary N) is 1. The third kappa shape index (κ3) is 3.51. The lowest BCUT2D eigenvalue weighted by molar-refractivity contribution is -0.0501. The molecule has 0 unspecified atom stereocenters. The van der Waals surface area contributed by atoms with Gasteiger partial charge in [-0.2, -0.15) is 8.78 Å². The van der Waals surface area contributed by atoms with Gasteiger partial charge in [0.05, 0.1) is 16.3 Å². The van der Waals surface area contributed by atoms with E-state index in [-0.39, 0.29) is 22.0 Å². The Balaban J connectivity index is 1.85. The molecule has 0 atom stereocenters. The average Bonchev–Trinajstić information content (AvgIpc) is 2.55. The molecule has 8 heteroatoms. The van der Waals surface area contributed by atoms with Crippen LogP contribution in [0.3, 0.4) is 0 Å². The van der Waals surface area contributed by atoms with E-state index in [1.807, 2.05) is 0 Å². The highest BCUT2D eigenvalue weighted by Crippen LogP contribution is 2.38. The molecule has 0 saturated carbocycles. The van der Waals surface area contributed by atoms with Crippen LogP contribution in [-0.2, 0) is 0 Å².